The van der Waals surface area contributed by atoms with Gasteiger partial charge in [-0.05, 0) is 43.6 Å². The molecule has 0 bridgehead atoms. The van der Waals surface area contributed by atoms with Crippen LogP contribution < -0.4 is 10.6 Å². The molecule has 29 heavy (non-hydrogen) atoms. The first-order valence-electron chi connectivity index (χ1n) is 9.25. The van der Waals surface area contributed by atoms with Gasteiger partial charge in [-0.25, -0.2) is 9.61 Å². The number of anilines is 2. The van der Waals surface area contributed by atoms with Crippen LogP contribution in [-0.2, 0) is 4.79 Å². The molecule has 3 aromatic rings. The van der Waals surface area contributed by atoms with E-state index >= 15 is 0 Å². The first-order valence-corrected chi connectivity index (χ1v) is 10.1. The van der Waals surface area contributed by atoms with E-state index in [9.17, 15) is 9.59 Å². The Morgan fingerprint density at radius 2 is 2.07 bits per heavy atom. The second-order valence-corrected chi connectivity index (χ2v) is 7.63. The molecule has 4 rings (SSSR count). The van der Waals surface area contributed by atoms with Gasteiger partial charge in [-0.3, -0.25) is 19.8 Å². The Morgan fingerprint density at radius 1 is 1.24 bits per heavy atom. The van der Waals surface area contributed by atoms with Gasteiger partial charge in [0.25, 0.3) is 5.91 Å². The molecule has 1 atom stereocenters. The number of nitrogens with one attached hydrogen (secondary N) is 2. The van der Waals surface area contributed by atoms with E-state index in [0.29, 0.717) is 22.2 Å². The Kier molecular flexibility index (Phi) is 5.63. The zero-order valence-corrected chi connectivity index (χ0v) is 16.6. The minimum atomic E-state index is -0.189. The lowest BCUT2D eigenvalue weighted by Crippen LogP contribution is -2.33. The molecule has 0 radical (unpaired) electrons. The van der Waals surface area contributed by atoms with Crippen molar-refractivity contribution >= 4 is 34.1 Å². The third kappa shape index (κ3) is 4.49. The second-order valence-electron chi connectivity index (χ2n) is 6.77. The number of benzene rings is 1. The molecule has 10 heteroatoms. The SMILES string of the molecule is Cc1nonc1NC(=O)CN1CCC[C@@H]1c1csc(NC(=O)c2ccccc2)n1. The monoisotopic (exact) mass is 412 g/mol. The summed E-state index contributed by atoms with van der Waals surface area (Å²) in [6.45, 7) is 2.74. The zero-order chi connectivity index (χ0) is 20.2. The molecule has 2 amide bonds. The highest BCUT2D eigenvalue weighted by atomic mass is 32.1. The summed E-state index contributed by atoms with van der Waals surface area (Å²) in [5.41, 5.74) is 1.98. The smallest absolute Gasteiger partial charge is 0.257 e. The van der Waals surface area contributed by atoms with Gasteiger partial charge in [-0.15, -0.1) is 11.3 Å². The van der Waals surface area contributed by atoms with Gasteiger partial charge >= 0.3 is 0 Å². The summed E-state index contributed by atoms with van der Waals surface area (Å²) in [7, 11) is 0. The highest BCUT2D eigenvalue weighted by molar-refractivity contribution is 7.14. The van der Waals surface area contributed by atoms with Crippen LogP contribution in [0.25, 0.3) is 0 Å². The van der Waals surface area contributed by atoms with Gasteiger partial charge in [-0.1, -0.05) is 23.4 Å². The lowest BCUT2D eigenvalue weighted by Gasteiger charge is -2.22. The number of rotatable bonds is 6. The number of carbonyl (C=O) groups excluding carboxylic acids is 2. The molecule has 1 fully saturated rings. The number of nitrogens with zero attached hydrogens (tertiary/aromatic N) is 4. The van der Waals surface area contributed by atoms with E-state index < -0.39 is 0 Å². The van der Waals surface area contributed by atoms with Crippen LogP contribution in [0, 0.1) is 6.92 Å². The fourth-order valence-corrected chi connectivity index (χ4v) is 4.06. The van der Waals surface area contributed by atoms with Gasteiger partial charge in [0.15, 0.2) is 10.9 Å². The van der Waals surface area contributed by atoms with Crippen LogP contribution in [-0.4, -0.2) is 45.1 Å². The molecule has 0 saturated carbocycles. The highest BCUT2D eigenvalue weighted by Gasteiger charge is 2.30. The Balaban J connectivity index is 1.38. The average Bonchev–Trinajstić information content (AvgIpc) is 3.45. The van der Waals surface area contributed by atoms with Crippen LogP contribution in [0.5, 0.6) is 0 Å². The summed E-state index contributed by atoms with van der Waals surface area (Å²) in [5.74, 6) is -0.0282. The van der Waals surface area contributed by atoms with Crippen LogP contribution >= 0.6 is 11.3 Å². The van der Waals surface area contributed by atoms with E-state index in [2.05, 4.69) is 35.5 Å². The predicted molar refractivity (Wildman–Crippen MR) is 108 cm³/mol. The second kappa shape index (κ2) is 8.50. The summed E-state index contributed by atoms with van der Waals surface area (Å²) in [6, 6.07) is 9.06. The number of carbonyl (C=O) groups is 2. The summed E-state index contributed by atoms with van der Waals surface area (Å²) < 4.78 is 4.60. The maximum absolute atomic E-state index is 12.4. The van der Waals surface area contributed by atoms with Gasteiger partial charge in [0.2, 0.25) is 5.91 Å². The van der Waals surface area contributed by atoms with Crippen molar-refractivity contribution in [3.05, 3.63) is 52.7 Å². The zero-order valence-electron chi connectivity index (χ0n) is 15.8. The number of likely N-dealkylation sites (tertiary alicyclic amines) is 1. The molecule has 3 heterocycles. The van der Waals surface area contributed by atoms with E-state index in [1.165, 1.54) is 11.3 Å². The van der Waals surface area contributed by atoms with Crippen molar-refractivity contribution in [3.8, 4) is 0 Å². The van der Waals surface area contributed by atoms with E-state index in [1.807, 2.05) is 23.6 Å². The Morgan fingerprint density at radius 3 is 2.83 bits per heavy atom. The topological polar surface area (TPSA) is 113 Å². The van der Waals surface area contributed by atoms with E-state index in [4.69, 9.17) is 0 Å². The quantitative estimate of drug-likeness (QED) is 0.640. The van der Waals surface area contributed by atoms with Crippen LogP contribution in [0.15, 0.2) is 40.3 Å². The van der Waals surface area contributed by atoms with Crippen LogP contribution in [0.1, 0.15) is 40.6 Å². The number of amides is 2. The Bertz CT molecular complexity index is 1000. The molecule has 1 aliphatic rings. The molecule has 1 saturated heterocycles. The molecule has 150 valence electrons. The third-order valence-electron chi connectivity index (χ3n) is 4.74. The lowest BCUT2D eigenvalue weighted by atomic mass is 10.2. The van der Waals surface area contributed by atoms with Crippen molar-refractivity contribution in [1.82, 2.24) is 20.2 Å². The summed E-state index contributed by atoms with van der Waals surface area (Å²) in [4.78, 5) is 31.3. The molecule has 2 aromatic heterocycles. The predicted octanol–water partition coefficient (Wildman–Crippen LogP) is 2.86. The van der Waals surface area contributed by atoms with E-state index in [0.717, 1.165) is 25.1 Å². The van der Waals surface area contributed by atoms with Gasteiger partial charge in [0.1, 0.15) is 5.69 Å². The molecule has 1 aliphatic heterocycles. The van der Waals surface area contributed by atoms with Crippen molar-refractivity contribution in [1.29, 1.82) is 0 Å². The molecule has 9 nitrogen and oxygen atoms in total. The van der Waals surface area contributed by atoms with Crippen molar-refractivity contribution in [2.75, 3.05) is 23.7 Å². The van der Waals surface area contributed by atoms with E-state index in [-0.39, 0.29) is 24.4 Å². The van der Waals surface area contributed by atoms with Crippen LogP contribution in [0.2, 0.25) is 0 Å². The molecule has 2 N–H and O–H groups in total. The summed E-state index contributed by atoms with van der Waals surface area (Å²) in [6.07, 6.45) is 1.89. The number of aryl methyl sites for hydroxylation is 1. The maximum Gasteiger partial charge on any atom is 0.257 e. The van der Waals surface area contributed by atoms with Crippen molar-refractivity contribution < 1.29 is 14.2 Å². The Labute approximate surface area is 171 Å². The van der Waals surface area contributed by atoms with Gasteiger partial charge < -0.3 is 5.32 Å². The first-order chi connectivity index (χ1) is 14.1. The van der Waals surface area contributed by atoms with Gasteiger partial charge in [-0.2, -0.15) is 0 Å². The van der Waals surface area contributed by atoms with Crippen molar-refractivity contribution in [3.63, 3.8) is 0 Å². The highest BCUT2D eigenvalue weighted by Crippen LogP contribution is 2.33. The number of hydrogen-bond acceptors (Lipinski definition) is 8. The summed E-state index contributed by atoms with van der Waals surface area (Å²) >= 11 is 1.39. The molecule has 0 unspecified atom stereocenters. The first kappa shape index (κ1) is 19.2. The van der Waals surface area contributed by atoms with Gasteiger partial charge in [0.05, 0.1) is 18.3 Å². The molecular formula is C19H20N6O3S. The van der Waals surface area contributed by atoms with Crippen molar-refractivity contribution in [2.45, 2.75) is 25.8 Å². The Hall–Kier alpha value is -3.11. The maximum atomic E-state index is 12.4. The number of thiazole rings is 1. The number of aromatic nitrogens is 3. The summed E-state index contributed by atoms with van der Waals surface area (Å²) in [5, 5.41) is 15.4. The molecule has 1 aromatic carbocycles. The van der Waals surface area contributed by atoms with Gasteiger partial charge in [0, 0.05) is 10.9 Å². The molecular weight excluding hydrogens is 392 g/mol. The van der Waals surface area contributed by atoms with E-state index in [1.54, 1.807) is 19.1 Å². The molecule has 0 spiro atoms. The fraction of sp³-hybridized carbons (Fsp3) is 0.316. The third-order valence-corrected chi connectivity index (χ3v) is 5.52. The fourth-order valence-electron chi connectivity index (χ4n) is 3.31. The molecule has 0 aliphatic carbocycles. The lowest BCUT2D eigenvalue weighted by molar-refractivity contribution is -0.117. The average molecular weight is 412 g/mol. The minimum absolute atomic E-state index is 0.0379. The number of hydrogen-bond donors (Lipinski definition) is 2. The normalized spacial score (nSPS) is 16.7. The van der Waals surface area contributed by atoms with Crippen molar-refractivity contribution in [2.24, 2.45) is 0 Å². The minimum Gasteiger partial charge on any atom is -0.305 e. The van der Waals surface area contributed by atoms with Crippen LogP contribution in [0.3, 0.4) is 0 Å². The largest absolute Gasteiger partial charge is 0.305 e. The standard InChI is InChI=1S/C19H20N6O3S/c1-12-17(24-28-23-12)21-16(26)10-25-9-5-8-15(25)14-11-29-19(20-14)22-18(27)13-6-3-2-4-7-13/h2-4,6-7,11,15H,5,8-10H2,1H3,(H,20,22,27)(H,21,24,26)/t15-/m1/s1. The van der Waals surface area contributed by atoms with Crippen LogP contribution in [0.4, 0.5) is 10.9 Å².